The molecule has 1 unspecified atom stereocenters. The molecule has 0 aliphatic rings. The highest BCUT2D eigenvalue weighted by molar-refractivity contribution is 6.35. The number of hydrogen-bond donors (Lipinski definition) is 0. The van der Waals surface area contributed by atoms with E-state index in [9.17, 15) is 0 Å². The summed E-state index contributed by atoms with van der Waals surface area (Å²) >= 11 is 19.2. The van der Waals surface area contributed by atoms with Gasteiger partial charge in [-0.1, -0.05) is 59.1 Å². The summed E-state index contributed by atoms with van der Waals surface area (Å²) in [5.74, 6) is 0. The van der Waals surface area contributed by atoms with Crippen LogP contribution >= 0.6 is 34.8 Å². The van der Waals surface area contributed by atoms with E-state index in [0.29, 0.717) is 15.1 Å². The molecule has 0 saturated carbocycles. The molecule has 0 fully saturated rings. The number of aromatic nitrogens is 3. The summed E-state index contributed by atoms with van der Waals surface area (Å²) in [6, 6.07) is 13.2. The zero-order valence-corrected chi connectivity index (χ0v) is 16.7. The second kappa shape index (κ2) is 7.43. The molecule has 136 valence electrons. The maximum Gasteiger partial charge on any atom is 0.0954 e. The standard InChI is InChI=1S/C21H16Cl3N3/c1-26-11-17(15-4-2-3-5-19(15)23)18(12-26)21(27-9-8-25-13-27)16-7-6-14(22)10-20(16)24/h2-13,21H,1H3. The fourth-order valence-electron chi connectivity index (χ4n) is 3.36. The molecule has 0 saturated heterocycles. The van der Waals surface area contributed by atoms with Gasteiger partial charge in [-0.25, -0.2) is 4.98 Å². The fourth-order valence-corrected chi connectivity index (χ4v) is 4.11. The van der Waals surface area contributed by atoms with Gasteiger partial charge in [0, 0.05) is 63.6 Å². The highest BCUT2D eigenvalue weighted by Crippen LogP contribution is 2.40. The Balaban J connectivity index is 1.96. The van der Waals surface area contributed by atoms with Crippen molar-refractivity contribution in [3.05, 3.63) is 99.8 Å². The number of imidazole rings is 1. The Morgan fingerprint density at radius 3 is 2.41 bits per heavy atom. The van der Waals surface area contributed by atoms with Crippen LogP contribution in [0.15, 0.2) is 73.6 Å². The molecule has 0 N–H and O–H groups in total. The molecule has 0 spiro atoms. The lowest BCUT2D eigenvalue weighted by Gasteiger charge is -2.22. The van der Waals surface area contributed by atoms with Crippen LogP contribution in [0.5, 0.6) is 0 Å². The molecule has 2 aromatic heterocycles. The molecule has 2 heterocycles. The molecule has 0 bridgehead atoms. The van der Waals surface area contributed by atoms with Crippen molar-refractivity contribution in [2.45, 2.75) is 6.04 Å². The minimum Gasteiger partial charge on any atom is -0.356 e. The van der Waals surface area contributed by atoms with Crippen molar-refractivity contribution < 1.29 is 0 Å². The van der Waals surface area contributed by atoms with Crippen LogP contribution in [0.3, 0.4) is 0 Å². The van der Waals surface area contributed by atoms with E-state index in [1.807, 2.05) is 58.8 Å². The third kappa shape index (κ3) is 3.51. The smallest absolute Gasteiger partial charge is 0.0954 e. The van der Waals surface area contributed by atoms with Crippen LogP contribution < -0.4 is 0 Å². The van der Waals surface area contributed by atoms with Crippen LogP contribution in [0.2, 0.25) is 15.1 Å². The van der Waals surface area contributed by atoms with Crippen molar-refractivity contribution in [2.75, 3.05) is 0 Å². The van der Waals surface area contributed by atoms with Crippen LogP contribution in [-0.4, -0.2) is 14.1 Å². The lowest BCUT2D eigenvalue weighted by molar-refractivity contribution is 0.676. The predicted molar refractivity (Wildman–Crippen MR) is 112 cm³/mol. The number of aryl methyl sites for hydroxylation is 1. The molecule has 27 heavy (non-hydrogen) atoms. The Kier molecular flexibility index (Phi) is 5.00. The van der Waals surface area contributed by atoms with E-state index in [0.717, 1.165) is 22.3 Å². The lowest BCUT2D eigenvalue weighted by Crippen LogP contribution is -2.11. The van der Waals surface area contributed by atoms with E-state index >= 15 is 0 Å². The number of benzene rings is 2. The summed E-state index contributed by atoms with van der Waals surface area (Å²) < 4.78 is 4.06. The number of hydrogen-bond acceptors (Lipinski definition) is 1. The molecule has 3 nitrogen and oxygen atoms in total. The van der Waals surface area contributed by atoms with Crippen molar-refractivity contribution in [1.82, 2.24) is 14.1 Å². The molecule has 0 aliphatic heterocycles. The first kappa shape index (κ1) is 18.2. The molecule has 1 atom stereocenters. The Morgan fingerprint density at radius 2 is 1.70 bits per heavy atom. The highest BCUT2D eigenvalue weighted by atomic mass is 35.5. The Bertz CT molecular complexity index is 1080. The summed E-state index contributed by atoms with van der Waals surface area (Å²) in [6.45, 7) is 0. The van der Waals surface area contributed by atoms with Crippen molar-refractivity contribution in [3.63, 3.8) is 0 Å². The summed E-state index contributed by atoms with van der Waals surface area (Å²) in [7, 11) is 2.00. The first-order valence-corrected chi connectivity index (χ1v) is 9.51. The van der Waals surface area contributed by atoms with Gasteiger partial charge in [-0.2, -0.15) is 0 Å². The molecule has 0 aliphatic carbocycles. The number of nitrogens with zero attached hydrogens (tertiary/aromatic N) is 3. The van der Waals surface area contributed by atoms with Gasteiger partial charge in [0.1, 0.15) is 0 Å². The minimum atomic E-state index is -0.162. The van der Waals surface area contributed by atoms with Gasteiger partial charge in [-0.15, -0.1) is 0 Å². The maximum atomic E-state index is 6.58. The second-order valence-corrected chi connectivity index (χ2v) is 7.60. The molecule has 0 amide bonds. The van der Waals surface area contributed by atoms with E-state index in [4.69, 9.17) is 34.8 Å². The van der Waals surface area contributed by atoms with Crippen LogP contribution in [0.4, 0.5) is 0 Å². The molecular weight excluding hydrogens is 401 g/mol. The van der Waals surface area contributed by atoms with Gasteiger partial charge in [0.15, 0.2) is 0 Å². The maximum absolute atomic E-state index is 6.58. The number of halogens is 3. The van der Waals surface area contributed by atoms with Crippen molar-refractivity contribution in [3.8, 4) is 11.1 Å². The van der Waals surface area contributed by atoms with Gasteiger partial charge in [-0.05, 0) is 23.8 Å². The van der Waals surface area contributed by atoms with E-state index in [2.05, 4.69) is 17.4 Å². The molecular formula is C21H16Cl3N3. The van der Waals surface area contributed by atoms with Gasteiger partial charge in [0.25, 0.3) is 0 Å². The SMILES string of the molecule is Cn1cc(-c2ccccc2Cl)c(C(c2ccc(Cl)cc2Cl)n2ccnc2)c1. The Morgan fingerprint density at radius 1 is 0.889 bits per heavy atom. The first-order valence-electron chi connectivity index (χ1n) is 8.37. The third-order valence-corrected chi connectivity index (χ3v) is 5.42. The summed E-state index contributed by atoms with van der Waals surface area (Å²) in [5.41, 5.74) is 4.05. The molecule has 0 radical (unpaired) electrons. The second-order valence-electron chi connectivity index (χ2n) is 6.35. The average Bonchev–Trinajstić information content (AvgIpc) is 3.28. The minimum absolute atomic E-state index is 0.162. The van der Waals surface area contributed by atoms with Crippen molar-refractivity contribution in [2.24, 2.45) is 7.05 Å². The molecule has 4 rings (SSSR count). The van der Waals surface area contributed by atoms with Crippen molar-refractivity contribution >= 4 is 34.8 Å². The van der Waals surface area contributed by atoms with Gasteiger partial charge < -0.3 is 9.13 Å². The summed E-state index contributed by atoms with van der Waals surface area (Å²) in [4.78, 5) is 4.23. The third-order valence-electron chi connectivity index (χ3n) is 4.53. The van der Waals surface area contributed by atoms with Gasteiger partial charge >= 0.3 is 0 Å². The quantitative estimate of drug-likeness (QED) is 0.373. The summed E-state index contributed by atoms with van der Waals surface area (Å²) in [6.07, 6.45) is 9.64. The average molecular weight is 417 g/mol. The zero-order valence-electron chi connectivity index (χ0n) is 14.5. The monoisotopic (exact) mass is 415 g/mol. The predicted octanol–water partition coefficient (Wildman–Crippen LogP) is 6.49. The van der Waals surface area contributed by atoms with E-state index < -0.39 is 0 Å². The largest absolute Gasteiger partial charge is 0.356 e. The fraction of sp³-hybridized carbons (Fsp3) is 0.0952. The lowest BCUT2D eigenvalue weighted by atomic mass is 9.94. The summed E-state index contributed by atoms with van der Waals surface area (Å²) in [5, 5.41) is 1.92. The van der Waals surface area contributed by atoms with Gasteiger partial charge in [0.05, 0.1) is 12.4 Å². The van der Waals surface area contributed by atoms with Gasteiger partial charge in [-0.3, -0.25) is 0 Å². The zero-order chi connectivity index (χ0) is 19.0. The molecule has 6 heteroatoms. The molecule has 2 aromatic carbocycles. The van der Waals surface area contributed by atoms with Crippen LogP contribution in [0.1, 0.15) is 17.2 Å². The van der Waals surface area contributed by atoms with E-state index in [1.54, 1.807) is 18.6 Å². The first-order chi connectivity index (χ1) is 13.0. The van der Waals surface area contributed by atoms with E-state index in [1.165, 1.54) is 0 Å². The Labute approximate surface area is 172 Å². The van der Waals surface area contributed by atoms with Crippen LogP contribution in [-0.2, 0) is 7.05 Å². The Hall–Kier alpha value is -2.20. The van der Waals surface area contributed by atoms with Crippen LogP contribution in [0.25, 0.3) is 11.1 Å². The van der Waals surface area contributed by atoms with Gasteiger partial charge in [0.2, 0.25) is 0 Å². The number of rotatable bonds is 4. The highest BCUT2D eigenvalue weighted by Gasteiger charge is 2.24. The normalized spacial score (nSPS) is 12.3. The molecule has 4 aromatic rings. The van der Waals surface area contributed by atoms with Crippen molar-refractivity contribution in [1.29, 1.82) is 0 Å². The van der Waals surface area contributed by atoms with E-state index in [-0.39, 0.29) is 6.04 Å². The van der Waals surface area contributed by atoms with Crippen LogP contribution in [0, 0.1) is 0 Å². The topological polar surface area (TPSA) is 22.8 Å².